The van der Waals surface area contributed by atoms with E-state index in [1.807, 2.05) is 11.0 Å². The van der Waals surface area contributed by atoms with E-state index in [1.54, 1.807) is 11.4 Å². The fourth-order valence-corrected chi connectivity index (χ4v) is 3.80. The second-order valence-electron chi connectivity index (χ2n) is 6.73. The van der Waals surface area contributed by atoms with Crippen molar-refractivity contribution in [3.05, 3.63) is 35.4 Å². The molecule has 0 bridgehead atoms. The van der Waals surface area contributed by atoms with Crippen molar-refractivity contribution in [2.75, 3.05) is 0 Å². The quantitative estimate of drug-likeness (QED) is 0.743. The fraction of sp³-hybridized carbons (Fsp3) is 0.444. The monoisotopic (exact) mass is 323 g/mol. The topological polar surface area (TPSA) is 63.4 Å². The summed E-state index contributed by atoms with van der Waals surface area (Å²) < 4.78 is 1.77. The van der Waals surface area contributed by atoms with Crippen LogP contribution in [0.15, 0.2) is 24.3 Å². The van der Waals surface area contributed by atoms with Crippen molar-refractivity contribution < 1.29 is 4.79 Å². The Balaban J connectivity index is 1.81. The zero-order chi connectivity index (χ0) is 16.7. The first-order chi connectivity index (χ1) is 11.6. The zero-order valence-corrected chi connectivity index (χ0v) is 14.1. The van der Waals surface area contributed by atoms with Crippen LogP contribution < -0.4 is 0 Å². The number of carbonyl (C=O) groups is 1. The summed E-state index contributed by atoms with van der Waals surface area (Å²) in [6.07, 6.45) is 4.58. The first-order valence-corrected chi connectivity index (χ1v) is 8.51. The van der Waals surface area contributed by atoms with Crippen LogP contribution in [-0.4, -0.2) is 36.9 Å². The number of fused-ring (bicyclic) bond motifs is 3. The molecular formula is C18H21N5O. The van der Waals surface area contributed by atoms with E-state index in [9.17, 15) is 4.79 Å². The molecule has 0 atom stereocenters. The van der Waals surface area contributed by atoms with Gasteiger partial charge in [-0.2, -0.15) is 4.52 Å². The van der Waals surface area contributed by atoms with Gasteiger partial charge in [0.25, 0.3) is 0 Å². The first-order valence-electron chi connectivity index (χ1n) is 8.51. The lowest BCUT2D eigenvalue weighted by Gasteiger charge is -2.28. The van der Waals surface area contributed by atoms with Gasteiger partial charge in [-0.1, -0.05) is 24.5 Å². The molecule has 0 aliphatic heterocycles. The van der Waals surface area contributed by atoms with Gasteiger partial charge in [-0.05, 0) is 48.4 Å². The van der Waals surface area contributed by atoms with E-state index < -0.39 is 0 Å². The first kappa shape index (κ1) is 15.1. The number of hydrogen-bond acceptors (Lipinski definition) is 4. The number of hydrogen-bond donors (Lipinski definition) is 0. The molecule has 3 aromatic rings. The second-order valence-corrected chi connectivity index (χ2v) is 6.73. The third-order valence-corrected chi connectivity index (χ3v) is 5.01. The van der Waals surface area contributed by atoms with Gasteiger partial charge in [0.1, 0.15) is 0 Å². The molecule has 2 aromatic heterocycles. The van der Waals surface area contributed by atoms with Gasteiger partial charge in [0, 0.05) is 30.5 Å². The number of rotatable bonds is 3. The molecule has 0 radical (unpaired) electrons. The molecule has 0 spiro atoms. The average molecular weight is 323 g/mol. The highest BCUT2D eigenvalue weighted by Gasteiger charge is 2.25. The van der Waals surface area contributed by atoms with E-state index in [1.165, 1.54) is 18.4 Å². The van der Waals surface area contributed by atoms with Crippen molar-refractivity contribution in [1.82, 2.24) is 24.9 Å². The number of nitrogens with zero attached hydrogens (tertiary/aromatic N) is 5. The predicted molar refractivity (Wildman–Crippen MR) is 91.5 cm³/mol. The smallest absolute Gasteiger partial charge is 0.219 e. The number of aryl methyl sites for hydroxylation is 1. The van der Waals surface area contributed by atoms with Crippen LogP contribution in [0.5, 0.6) is 0 Å². The van der Waals surface area contributed by atoms with Crippen LogP contribution in [0.1, 0.15) is 43.7 Å². The predicted octanol–water partition coefficient (Wildman–Crippen LogP) is 2.88. The van der Waals surface area contributed by atoms with Gasteiger partial charge >= 0.3 is 0 Å². The summed E-state index contributed by atoms with van der Waals surface area (Å²) in [5.41, 5.74) is 3.91. The van der Waals surface area contributed by atoms with Crippen molar-refractivity contribution in [2.45, 2.75) is 52.1 Å². The van der Waals surface area contributed by atoms with Crippen molar-refractivity contribution in [1.29, 1.82) is 0 Å². The van der Waals surface area contributed by atoms with E-state index in [0.717, 1.165) is 35.0 Å². The average Bonchev–Trinajstić information content (AvgIpc) is 3.23. The van der Waals surface area contributed by atoms with Gasteiger partial charge in [0.05, 0.1) is 5.52 Å². The SMILES string of the molecule is CC(=O)N(Cc1cc2cc(C)ccc2n2nnnc12)C1CCCC1. The highest BCUT2D eigenvalue weighted by atomic mass is 16.2. The molecule has 1 saturated carbocycles. The van der Waals surface area contributed by atoms with Gasteiger partial charge in [0.15, 0.2) is 5.65 Å². The van der Waals surface area contributed by atoms with Gasteiger partial charge < -0.3 is 4.90 Å². The Kier molecular flexibility index (Phi) is 3.67. The molecule has 6 heteroatoms. The standard InChI is InChI=1S/C18H21N5O/c1-12-7-8-17-14(9-12)10-15(18-19-20-21-23(17)18)11-22(13(2)24)16-5-3-4-6-16/h7-10,16H,3-6,11H2,1-2H3. The summed E-state index contributed by atoms with van der Waals surface area (Å²) in [7, 11) is 0. The Bertz CT molecular complexity index is 910. The molecule has 1 amide bonds. The lowest BCUT2D eigenvalue weighted by atomic mass is 10.1. The highest BCUT2D eigenvalue weighted by Crippen LogP contribution is 2.27. The molecule has 0 saturated heterocycles. The summed E-state index contributed by atoms with van der Waals surface area (Å²) in [6, 6.07) is 8.69. The second kappa shape index (κ2) is 5.85. The van der Waals surface area contributed by atoms with Crippen LogP contribution in [0.25, 0.3) is 16.6 Å². The summed E-state index contributed by atoms with van der Waals surface area (Å²) in [5.74, 6) is 0.122. The molecular weight excluding hydrogens is 302 g/mol. The molecule has 1 aliphatic carbocycles. The zero-order valence-electron chi connectivity index (χ0n) is 14.1. The normalized spacial score (nSPS) is 15.4. The summed E-state index contributed by atoms with van der Waals surface area (Å²) >= 11 is 0. The Morgan fingerprint density at radius 2 is 2.08 bits per heavy atom. The summed E-state index contributed by atoms with van der Waals surface area (Å²) in [6.45, 7) is 4.29. The largest absolute Gasteiger partial charge is 0.335 e. The number of aromatic nitrogens is 4. The molecule has 24 heavy (non-hydrogen) atoms. The number of amides is 1. The number of pyridine rings is 1. The number of carbonyl (C=O) groups excluding carboxylic acids is 1. The Morgan fingerprint density at radius 3 is 2.83 bits per heavy atom. The van der Waals surface area contributed by atoms with Crippen LogP contribution in [0.2, 0.25) is 0 Å². The fourth-order valence-electron chi connectivity index (χ4n) is 3.80. The minimum Gasteiger partial charge on any atom is -0.335 e. The Morgan fingerprint density at radius 1 is 1.29 bits per heavy atom. The van der Waals surface area contributed by atoms with E-state index in [-0.39, 0.29) is 5.91 Å². The van der Waals surface area contributed by atoms with E-state index >= 15 is 0 Å². The highest BCUT2D eigenvalue weighted by molar-refractivity contribution is 5.84. The molecule has 1 aromatic carbocycles. The van der Waals surface area contributed by atoms with Crippen LogP contribution in [0.4, 0.5) is 0 Å². The van der Waals surface area contributed by atoms with Gasteiger partial charge in [-0.3, -0.25) is 4.79 Å². The summed E-state index contributed by atoms with van der Waals surface area (Å²) in [4.78, 5) is 14.2. The molecule has 2 heterocycles. The van der Waals surface area contributed by atoms with Crippen molar-refractivity contribution in [3.8, 4) is 0 Å². The minimum atomic E-state index is 0.122. The van der Waals surface area contributed by atoms with Gasteiger partial charge in [-0.15, -0.1) is 5.10 Å². The van der Waals surface area contributed by atoms with Crippen LogP contribution in [-0.2, 0) is 11.3 Å². The van der Waals surface area contributed by atoms with Crippen LogP contribution in [0, 0.1) is 6.92 Å². The molecule has 1 aliphatic rings. The van der Waals surface area contributed by atoms with Crippen LogP contribution >= 0.6 is 0 Å². The number of benzene rings is 1. The van der Waals surface area contributed by atoms with E-state index in [4.69, 9.17) is 0 Å². The molecule has 6 nitrogen and oxygen atoms in total. The van der Waals surface area contributed by atoms with Crippen molar-refractivity contribution >= 4 is 22.5 Å². The Labute approximate surface area is 140 Å². The maximum absolute atomic E-state index is 12.2. The molecule has 0 N–H and O–H groups in total. The third-order valence-electron chi connectivity index (χ3n) is 5.01. The minimum absolute atomic E-state index is 0.122. The molecule has 4 rings (SSSR count). The molecule has 1 fully saturated rings. The van der Waals surface area contributed by atoms with Crippen molar-refractivity contribution in [3.63, 3.8) is 0 Å². The van der Waals surface area contributed by atoms with E-state index in [2.05, 4.69) is 40.6 Å². The maximum atomic E-state index is 12.2. The summed E-state index contributed by atoms with van der Waals surface area (Å²) in [5, 5.41) is 13.3. The Hall–Kier alpha value is -2.50. The third kappa shape index (κ3) is 2.52. The lowest BCUT2D eigenvalue weighted by molar-refractivity contribution is -0.131. The van der Waals surface area contributed by atoms with Gasteiger partial charge in [-0.25, -0.2) is 0 Å². The van der Waals surface area contributed by atoms with Crippen LogP contribution in [0.3, 0.4) is 0 Å². The van der Waals surface area contributed by atoms with Gasteiger partial charge in [0.2, 0.25) is 5.91 Å². The number of tetrazole rings is 1. The molecule has 0 unspecified atom stereocenters. The van der Waals surface area contributed by atoms with Crippen molar-refractivity contribution in [2.24, 2.45) is 0 Å². The van der Waals surface area contributed by atoms with E-state index in [0.29, 0.717) is 12.6 Å². The molecule has 124 valence electrons. The maximum Gasteiger partial charge on any atom is 0.219 e. The lowest BCUT2D eigenvalue weighted by Crippen LogP contribution is -2.36.